The highest BCUT2D eigenvalue weighted by Crippen LogP contribution is 2.20. The number of aryl methyl sites for hydroxylation is 1. The van der Waals surface area contributed by atoms with Gasteiger partial charge >= 0.3 is 5.97 Å². The highest BCUT2D eigenvalue weighted by molar-refractivity contribution is 7.11. The van der Waals surface area contributed by atoms with Gasteiger partial charge in [-0.15, -0.1) is 11.3 Å². The quantitative estimate of drug-likeness (QED) is 0.723. The minimum atomic E-state index is -0.296. The van der Waals surface area contributed by atoms with E-state index in [0.29, 0.717) is 10.6 Å². The Morgan fingerprint density at radius 2 is 2.00 bits per heavy atom. The normalized spacial score (nSPS) is 9.93. The largest absolute Gasteiger partial charge is 0.412 e. The summed E-state index contributed by atoms with van der Waals surface area (Å²) in [6, 6.07) is 11.0. The Hall–Kier alpha value is -1.61. The summed E-state index contributed by atoms with van der Waals surface area (Å²) in [6.07, 6.45) is 0. The van der Waals surface area contributed by atoms with Gasteiger partial charge in [-0.2, -0.15) is 0 Å². The number of carbonyl (C=O) groups excluding carboxylic acids is 1. The van der Waals surface area contributed by atoms with Crippen LogP contribution < -0.4 is 4.74 Å². The summed E-state index contributed by atoms with van der Waals surface area (Å²) in [5, 5.41) is 2.50. The summed E-state index contributed by atoms with van der Waals surface area (Å²) in [5.74, 6) is -0.296. The molecule has 0 radical (unpaired) electrons. The molecule has 0 unspecified atom stereocenters. The van der Waals surface area contributed by atoms with Crippen molar-refractivity contribution in [3.8, 4) is 5.06 Å². The van der Waals surface area contributed by atoms with E-state index in [0.717, 1.165) is 5.56 Å². The molecule has 3 heteroatoms. The molecule has 2 nitrogen and oxygen atoms in total. The predicted molar refractivity (Wildman–Crippen MR) is 60.5 cm³/mol. The summed E-state index contributed by atoms with van der Waals surface area (Å²) < 4.78 is 5.20. The topological polar surface area (TPSA) is 26.3 Å². The number of hydrogen-bond donors (Lipinski definition) is 0. The fraction of sp³-hybridized carbons (Fsp3) is 0.0833. The molecule has 15 heavy (non-hydrogen) atoms. The zero-order valence-electron chi connectivity index (χ0n) is 8.27. The average molecular weight is 218 g/mol. The molecule has 0 atom stereocenters. The van der Waals surface area contributed by atoms with Crippen LogP contribution in [0.4, 0.5) is 0 Å². The van der Waals surface area contributed by atoms with Crippen LogP contribution in [0.2, 0.25) is 0 Å². The molecule has 1 heterocycles. The zero-order valence-corrected chi connectivity index (χ0v) is 9.08. The van der Waals surface area contributed by atoms with Gasteiger partial charge in [0.25, 0.3) is 0 Å². The molecule has 2 rings (SSSR count). The molecule has 0 spiro atoms. The van der Waals surface area contributed by atoms with Crippen LogP contribution in [0.25, 0.3) is 0 Å². The van der Waals surface area contributed by atoms with Gasteiger partial charge < -0.3 is 4.74 Å². The Labute approximate surface area is 92.1 Å². The molecule has 76 valence electrons. The lowest BCUT2D eigenvalue weighted by Crippen LogP contribution is -2.09. The predicted octanol–water partition coefficient (Wildman–Crippen LogP) is 3.28. The molecular formula is C12H10O2S. The minimum absolute atomic E-state index is 0.296. The van der Waals surface area contributed by atoms with Gasteiger partial charge in [-0.1, -0.05) is 18.2 Å². The van der Waals surface area contributed by atoms with Crippen molar-refractivity contribution in [2.24, 2.45) is 0 Å². The smallest absolute Gasteiger partial charge is 0.344 e. The van der Waals surface area contributed by atoms with Crippen LogP contribution in [0.1, 0.15) is 15.9 Å². The number of thiophene rings is 1. The first-order valence-corrected chi connectivity index (χ1v) is 5.46. The summed E-state index contributed by atoms with van der Waals surface area (Å²) >= 11 is 1.41. The monoisotopic (exact) mass is 218 g/mol. The first-order valence-electron chi connectivity index (χ1n) is 4.58. The lowest BCUT2D eigenvalue weighted by molar-refractivity contribution is 0.0740. The van der Waals surface area contributed by atoms with Crippen molar-refractivity contribution in [2.75, 3.05) is 0 Å². The van der Waals surface area contributed by atoms with Crippen LogP contribution in [0.5, 0.6) is 5.06 Å². The molecule has 1 aromatic heterocycles. The molecule has 0 aliphatic carbocycles. The van der Waals surface area contributed by atoms with E-state index in [1.807, 2.05) is 36.6 Å². The number of hydrogen-bond acceptors (Lipinski definition) is 3. The molecule has 0 fully saturated rings. The zero-order chi connectivity index (χ0) is 10.7. The van der Waals surface area contributed by atoms with E-state index in [1.54, 1.807) is 12.1 Å². The third-order valence-electron chi connectivity index (χ3n) is 2.05. The number of ether oxygens (including phenoxy) is 1. The molecule has 0 aliphatic rings. The second-order valence-corrected chi connectivity index (χ2v) is 4.05. The highest BCUT2D eigenvalue weighted by Gasteiger charge is 2.10. The minimum Gasteiger partial charge on any atom is -0.412 e. The second-order valence-electron chi connectivity index (χ2n) is 3.14. The average Bonchev–Trinajstić information content (AvgIpc) is 2.71. The highest BCUT2D eigenvalue weighted by atomic mass is 32.1. The van der Waals surface area contributed by atoms with Crippen molar-refractivity contribution in [1.29, 1.82) is 0 Å². The van der Waals surface area contributed by atoms with E-state index in [1.165, 1.54) is 11.3 Å². The van der Waals surface area contributed by atoms with Crippen LogP contribution in [-0.4, -0.2) is 5.97 Å². The summed E-state index contributed by atoms with van der Waals surface area (Å²) in [7, 11) is 0. The molecule has 2 aromatic rings. The van der Waals surface area contributed by atoms with Gasteiger partial charge in [-0.05, 0) is 36.1 Å². The summed E-state index contributed by atoms with van der Waals surface area (Å²) in [6.45, 7) is 1.89. The van der Waals surface area contributed by atoms with Crippen molar-refractivity contribution in [1.82, 2.24) is 0 Å². The second kappa shape index (κ2) is 4.28. The van der Waals surface area contributed by atoms with E-state index in [9.17, 15) is 4.79 Å². The van der Waals surface area contributed by atoms with Crippen LogP contribution in [0.3, 0.4) is 0 Å². The molecule has 1 aromatic carbocycles. The van der Waals surface area contributed by atoms with Crippen LogP contribution in [0.15, 0.2) is 41.8 Å². The molecule has 0 saturated carbocycles. The first kappa shape index (κ1) is 9.93. The van der Waals surface area contributed by atoms with E-state index in [2.05, 4.69) is 0 Å². The fourth-order valence-corrected chi connectivity index (χ4v) is 1.84. The molecular weight excluding hydrogens is 208 g/mol. The van der Waals surface area contributed by atoms with E-state index in [-0.39, 0.29) is 5.97 Å². The maximum atomic E-state index is 11.7. The van der Waals surface area contributed by atoms with Gasteiger partial charge in [-0.3, -0.25) is 0 Å². The molecule has 0 bridgehead atoms. The number of benzene rings is 1. The van der Waals surface area contributed by atoms with Gasteiger partial charge in [-0.25, -0.2) is 4.79 Å². The molecule has 0 amide bonds. The van der Waals surface area contributed by atoms with E-state index in [4.69, 9.17) is 4.74 Å². The summed E-state index contributed by atoms with van der Waals surface area (Å²) in [4.78, 5) is 11.7. The Kier molecular flexibility index (Phi) is 2.83. The third kappa shape index (κ3) is 2.25. The summed E-state index contributed by atoms with van der Waals surface area (Å²) in [5.41, 5.74) is 1.55. The van der Waals surface area contributed by atoms with E-state index >= 15 is 0 Å². The SMILES string of the molecule is Cc1ccccc1C(=O)Oc1cccs1. The van der Waals surface area contributed by atoms with Gasteiger partial charge in [0.2, 0.25) is 0 Å². The van der Waals surface area contributed by atoms with Crippen molar-refractivity contribution in [3.05, 3.63) is 52.9 Å². The molecule has 0 N–H and O–H groups in total. The van der Waals surface area contributed by atoms with Gasteiger partial charge in [0, 0.05) is 0 Å². The molecule has 0 saturated heterocycles. The van der Waals surface area contributed by atoms with Crippen molar-refractivity contribution in [2.45, 2.75) is 6.92 Å². The van der Waals surface area contributed by atoms with Crippen LogP contribution in [0, 0.1) is 6.92 Å². The van der Waals surface area contributed by atoms with Crippen LogP contribution >= 0.6 is 11.3 Å². The maximum absolute atomic E-state index is 11.7. The number of carbonyl (C=O) groups is 1. The Morgan fingerprint density at radius 1 is 1.20 bits per heavy atom. The van der Waals surface area contributed by atoms with E-state index < -0.39 is 0 Å². The fourth-order valence-electron chi connectivity index (χ4n) is 1.27. The molecule has 0 aliphatic heterocycles. The Balaban J connectivity index is 2.19. The standard InChI is InChI=1S/C12H10O2S/c1-9-5-2-3-6-10(9)12(13)14-11-7-4-8-15-11/h2-8H,1H3. The van der Waals surface area contributed by atoms with Gasteiger partial charge in [0.1, 0.15) is 0 Å². The lowest BCUT2D eigenvalue weighted by atomic mass is 10.1. The van der Waals surface area contributed by atoms with Crippen molar-refractivity contribution >= 4 is 17.3 Å². The van der Waals surface area contributed by atoms with Gasteiger partial charge in [0.05, 0.1) is 5.56 Å². The number of esters is 1. The van der Waals surface area contributed by atoms with Crippen molar-refractivity contribution in [3.63, 3.8) is 0 Å². The van der Waals surface area contributed by atoms with Crippen LogP contribution in [-0.2, 0) is 0 Å². The van der Waals surface area contributed by atoms with Gasteiger partial charge in [0.15, 0.2) is 5.06 Å². The van der Waals surface area contributed by atoms with Crippen molar-refractivity contribution < 1.29 is 9.53 Å². The maximum Gasteiger partial charge on any atom is 0.344 e. The Bertz CT molecular complexity index is 460. The number of rotatable bonds is 2. The Morgan fingerprint density at radius 3 is 2.67 bits per heavy atom. The first-order chi connectivity index (χ1) is 7.27. The lowest BCUT2D eigenvalue weighted by Gasteiger charge is -2.03. The third-order valence-corrected chi connectivity index (χ3v) is 2.80.